The molecule has 0 radical (unpaired) electrons. The summed E-state index contributed by atoms with van der Waals surface area (Å²) in [5.41, 5.74) is 4.39. The van der Waals surface area contributed by atoms with E-state index in [2.05, 4.69) is 15.2 Å². The molecule has 0 spiro atoms. The van der Waals surface area contributed by atoms with Crippen LogP contribution in [0.3, 0.4) is 0 Å². The molecule has 5 nitrogen and oxygen atoms in total. The van der Waals surface area contributed by atoms with Crippen LogP contribution in [0.25, 0.3) is 11.8 Å². The van der Waals surface area contributed by atoms with Gasteiger partial charge in [-0.05, 0) is 61.9 Å². The summed E-state index contributed by atoms with van der Waals surface area (Å²) >= 11 is 0. The van der Waals surface area contributed by atoms with E-state index < -0.39 is 11.7 Å². The number of para-hydroxylation sites is 1. The summed E-state index contributed by atoms with van der Waals surface area (Å²) in [6.45, 7) is 5.34. The van der Waals surface area contributed by atoms with Gasteiger partial charge in [0.05, 0.1) is 5.69 Å². The largest absolute Gasteiger partial charge is 0.326 e. The number of aryl methyl sites for hydroxylation is 1. The molecule has 0 saturated heterocycles. The molecule has 148 valence electrons. The van der Waals surface area contributed by atoms with Crippen LogP contribution in [0.2, 0.25) is 0 Å². The second-order valence-corrected chi connectivity index (χ2v) is 6.70. The molecular weight excluding hydrogens is 369 g/mol. The molecule has 0 aliphatic heterocycles. The Morgan fingerprint density at radius 2 is 1.72 bits per heavy atom. The average molecular weight is 391 g/mol. The average Bonchev–Trinajstić information content (AvgIpc) is 2.96. The summed E-state index contributed by atoms with van der Waals surface area (Å²) in [7, 11) is 0. The fraction of sp³-hybridized carbons (Fsp3) is 0.130. The predicted octanol–water partition coefficient (Wildman–Crippen LogP) is 4.84. The number of amides is 2. The molecule has 0 bridgehead atoms. The van der Waals surface area contributed by atoms with E-state index in [1.165, 1.54) is 31.2 Å². The number of hydrogen-bond donors (Lipinski definition) is 2. The Morgan fingerprint density at radius 3 is 2.41 bits per heavy atom. The summed E-state index contributed by atoms with van der Waals surface area (Å²) in [6.07, 6.45) is 3.06. The van der Waals surface area contributed by atoms with Gasteiger partial charge in [0.15, 0.2) is 0 Å². The molecule has 2 amide bonds. The molecule has 0 aliphatic carbocycles. The first kappa shape index (κ1) is 20.1. The Morgan fingerprint density at radius 1 is 1.00 bits per heavy atom. The number of aromatic nitrogens is 1. The zero-order chi connectivity index (χ0) is 21.0. The molecule has 0 saturated carbocycles. The van der Waals surface area contributed by atoms with Crippen LogP contribution in [0.15, 0.2) is 60.7 Å². The zero-order valence-electron chi connectivity index (χ0n) is 16.5. The number of nitrogens with one attached hydrogen (secondary N) is 2. The molecular formula is C23H22FN3O2. The number of carbonyl (C=O) groups is 2. The standard InChI is InChI=1S/C23H22FN3O2/c1-15-13-18(16(2)27(15)20-7-5-4-6-8-20)9-12-23(29)26-22-14-19(25-17(3)28)10-11-21(22)24/h4-14H,1-3H3,(H,25,28)(H,26,29)/b12-9+. The van der Waals surface area contributed by atoms with Crippen molar-refractivity contribution in [3.05, 3.63) is 83.4 Å². The fourth-order valence-corrected chi connectivity index (χ4v) is 3.17. The molecule has 3 aromatic rings. The number of hydrogen-bond acceptors (Lipinski definition) is 2. The predicted molar refractivity (Wildman–Crippen MR) is 114 cm³/mol. The van der Waals surface area contributed by atoms with Crippen molar-refractivity contribution in [2.24, 2.45) is 0 Å². The Hall–Kier alpha value is -3.67. The second kappa shape index (κ2) is 8.56. The van der Waals surface area contributed by atoms with Crippen molar-refractivity contribution >= 4 is 29.3 Å². The van der Waals surface area contributed by atoms with Gasteiger partial charge >= 0.3 is 0 Å². The summed E-state index contributed by atoms with van der Waals surface area (Å²) in [5, 5.41) is 5.07. The number of nitrogens with zero attached hydrogens (tertiary/aromatic N) is 1. The van der Waals surface area contributed by atoms with Crippen molar-refractivity contribution in [3.8, 4) is 5.69 Å². The first-order valence-corrected chi connectivity index (χ1v) is 9.15. The first-order valence-electron chi connectivity index (χ1n) is 9.15. The number of benzene rings is 2. The lowest BCUT2D eigenvalue weighted by Gasteiger charge is -2.09. The molecule has 2 N–H and O–H groups in total. The van der Waals surface area contributed by atoms with Crippen LogP contribution >= 0.6 is 0 Å². The molecule has 29 heavy (non-hydrogen) atoms. The highest BCUT2D eigenvalue weighted by molar-refractivity contribution is 6.02. The van der Waals surface area contributed by atoms with Crippen LogP contribution in [0.1, 0.15) is 23.9 Å². The van der Waals surface area contributed by atoms with Crippen molar-refractivity contribution in [1.29, 1.82) is 0 Å². The van der Waals surface area contributed by atoms with Gasteiger partial charge in [-0.25, -0.2) is 4.39 Å². The van der Waals surface area contributed by atoms with Crippen molar-refractivity contribution < 1.29 is 14.0 Å². The molecule has 3 rings (SSSR count). The highest BCUT2D eigenvalue weighted by Crippen LogP contribution is 2.22. The molecule has 1 aromatic heterocycles. The SMILES string of the molecule is CC(=O)Nc1ccc(F)c(NC(=O)/C=C/c2cc(C)n(-c3ccccc3)c2C)c1. The number of anilines is 2. The number of rotatable bonds is 5. The van der Waals surface area contributed by atoms with E-state index in [4.69, 9.17) is 0 Å². The van der Waals surface area contributed by atoms with Gasteiger partial charge in [-0.2, -0.15) is 0 Å². The highest BCUT2D eigenvalue weighted by atomic mass is 19.1. The number of carbonyl (C=O) groups excluding carboxylic acids is 2. The van der Waals surface area contributed by atoms with Gasteiger partial charge in [-0.3, -0.25) is 9.59 Å². The summed E-state index contributed by atoms with van der Waals surface area (Å²) in [4.78, 5) is 23.4. The third-order valence-corrected chi connectivity index (χ3v) is 4.44. The lowest BCUT2D eigenvalue weighted by molar-refractivity contribution is -0.114. The van der Waals surface area contributed by atoms with Gasteiger partial charge in [-0.15, -0.1) is 0 Å². The van der Waals surface area contributed by atoms with E-state index in [0.717, 1.165) is 22.6 Å². The lowest BCUT2D eigenvalue weighted by Crippen LogP contribution is -2.11. The van der Waals surface area contributed by atoms with Crippen molar-refractivity contribution in [3.63, 3.8) is 0 Å². The molecule has 1 heterocycles. The Labute approximate surface area is 168 Å². The normalized spacial score (nSPS) is 10.9. The first-order chi connectivity index (χ1) is 13.8. The lowest BCUT2D eigenvalue weighted by atomic mass is 10.2. The molecule has 0 fully saturated rings. The van der Waals surface area contributed by atoms with E-state index in [9.17, 15) is 14.0 Å². The van der Waals surface area contributed by atoms with Crippen molar-refractivity contribution in [1.82, 2.24) is 4.57 Å². The monoisotopic (exact) mass is 391 g/mol. The van der Waals surface area contributed by atoms with Crippen LogP contribution in [-0.4, -0.2) is 16.4 Å². The van der Waals surface area contributed by atoms with E-state index >= 15 is 0 Å². The van der Waals surface area contributed by atoms with Crippen molar-refractivity contribution in [2.45, 2.75) is 20.8 Å². The maximum atomic E-state index is 14.0. The van der Waals surface area contributed by atoms with Crippen LogP contribution in [0, 0.1) is 19.7 Å². The van der Waals surface area contributed by atoms with Crippen LogP contribution in [-0.2, 0) is 9.59 Å². The molecule has 6 heteroatoms. The minimum Gasteiger partial charge on any atom is -0.326 e. The van der Waals surface area contributed by atoms with Gasteiger partial charge < -0.3 is 15.2 Å². The maximum absolute atomic E-state index is 14.0. The third-order valence-electron chi connectivity index (χ3n) is 4.44. The van der Waals surface area contributed by atoms with Crippen LogP contribution in [0.5, 0.6) is 0 Å². The minimum atomic E-state index is -0.580. The van der Waals surface area contributed by atoms with Gasteiger partial charge in [0, 0.05) is 35.8 Å². The minimum absolute atomic E-state index is 0.000609. The van der Waals surface area contributed by atoms with Gasteiger partial charge in [0.1, 0.15) is 5.82 Å². The zero-order valence-corrected chi connectivity index (χ0v) is 16.5. The summed E-state index contributed by atoms with van der Waals surface area (Å²) < 4.78 is 16.1. The fourth-order valence-electron chi connectivity index (χ4n) is 3.17. The van der Waals surface area contributed by atoms with E-state index in [1.54, 1.807) is 6.08 Å². The third kappa shape index (κ3) is 4.79. The topological polar surface area (TPSA) is 63.1 Å². The Kier molecular flexibility index (Phi) is 5.93. The van der Waals surface area contributed by atoms with Gasteiger partial charge in [0.2, 0.25) is 11.8 Å². The molecule has 0 unspecified atom stereocenters. The maximum Gasteiger partial charge on any atom is 0.248 e. The Bertz CT molecular complexity index is 1090. The Balaban J connectivity index is 1.78. The van der Waals surface area contributed by atoms with Gasteiger partial charge in [0.25, 0.3) is 0 Å². The second-order valence-electron chi connectivity index (χ2n) is 6.70. The quantitative estimate of drug-likeness (QED) is 0.611. The summed E-state index contributed by atoms with van der Waals surface area (Å²) in [6, 6.07) is 15.9. The van der Waals surface area contributed by atoms with E-state index in [-0.39, 0.29) is 11.6 Å². The van der Waals surface area contributed by atoms with E-state index in [1.807, 2.05) is 50.2 Å². The molecule has 0 aliphatic rings. The molecule has 0 atom stereocenters. The van der Waals surface area contributed by atoms with Crippen molar-refractivity contribution in [2.75, 3.05) is 10.6 Å². The van der Waals surface area contributed by atoms with E-state index in [0.29, 0.717) is 5.69 Å². The highest BCUT2D eigenvalue weighted by Gasteiger charge is 2.10. The number of halogens is 1. The summed E-state index contributed by atoms with van der Waals surface area (Å²) in [5.74, 6) is -1.32. The van der Waals surface area contributed by atoms with Crippen LogP contribution in [0.4, 0.5) is 15.8 Å². The molecule has 2 aromatic carbocycles. The smallest absolute Gasteiger partial charge is 0.248 e. The van der Waals surface area contributed by atoms with Crippen LogP contribution < -0.4 is 10.6 Å². The van der Waals surface area contributed by atoms with Gasteiger partial charge in [-0.1, -0.05) is 18.2 Å².